The highest BCUT2D eigenvalue weighted by molar-refractivity contribution is 6.34. The van der Waals surface area contributed by atoms with Gasteiger partial charge >= 0.3 is 0 Å². The lowest BCUT2D eigenvalue weighted by Crippen LogP contribution is -2.53. The number of nitrogens with two attached hydrogens (primary N) is 1. The molecule has 0 bridgehead atoms. The van der Waals surface area contributed by atoms with E-state index in [4.69, 9.17) is 17.3 Å². The standard InChI is InChI=1S/C18H25ClN4O4/c1-10(2)16(18(25)21-12-5-3-11(20)4-6-12)22-17(24)14-8-7-13(23(26)27)9-15(14)19/h7-12,16H,3-6,20H2,1-2H3,(H,21,25)(H,22,24). The Morgan fingerprint density at radius 2 is 1.89 bits per heavy atom. The molecule has 0 saturated heterocycles. The van der Waals surface area contributed by atoms with Crippen molar-refractivity contribution in [3.8, 4) is 0 Å². The fourth-order valence-corrected chi connectivity index (χ4v) is 3.37. The van der Waals surface area contributed by atoms with E-state index in [-0.39, 0.29) is 40.2 Å². The summed E-state index contributed by atoms with van der Waals surface area (Å²) < 4.78 is 0. The predicted molar refractivity (Wildman–Crippen MR) is 103 cm³/mol. The van der Waals surface area contributed by atoms with Crippen LogP contribution in [-0.4, -0.2) is 34.9 Å². The minimum Gasteiger partial charge on any atom is -0.352 e. The van der Waals surface area contributed by atoms with Crippen molar-refractivity contribution < 1.29 is 14.5 Å². The van der Waals surface area contributed by atoms with Crippen LogP contribution in [-0.2, 0) is 4.79 Å². The second-order valence-corrected chi connectivity index (χ2v) is 7.64. The molecule has 1 aliphatic rings. The highest BCUT2D eigenvalue weighted by Crippen LogP contribution is 2.23. The number of nitro groups is 1. The van der Waals surface area contributed by atoms with Gasteiger partial charge in [-0.1, -0.05) is 25.4 Å². The fourth-order valence-electron chi connectivity index (χ4n) is 3.11. The van der Waals surface area contributed by atoms with Gasteiger partial charge in [-0.15, -0.1) is 0 Å². The van der Waals surface area contributed by atoms with Crippen LogP contribution in [0, 0.1) is 16.0 Å². The van der Waals surface area contributed by atoms with Crippen LogP contribution in [0.25, 0.3) is 0 Å². The first kappa shape index (κ1) is 21.1. The average Bonchev–Trinajstić information content (AvgIpc) is 2.60. The number of rotatable bonds is 6. The summed E-state index contributed by atoms with van der Waals surface area (Å²) in [4.78, 5) is 35.4. The second kappa shape index (κ2) is 9.14. The molecule has 27 heavy (non-hydrogen) atoms. The van der Waals surface area contributed by atoms with Gasteiger partial charge in [-0.05, 0) is 37.7 Å². The Kier molecular flexibility index (Phi) is 7.15. The summed E-state index contributed by atoms with van der Waals surface area (Å²) in [6, 6.07) is 3.11. The lowest BCUT2D eigenvalue weighted by atomic mass is 9.91. The van der Waals surface area contributed by atoms with E-state index in [1.54, 1.807) is 0 Å². The number of hydrogen-bond acceptors (Lipinski definition) is 5. The largest absolute Gasteiger partial charge is 0.352 e. The molecule has 8 nitrogen and oxygen atoms in total. The van der Waals surface area contributed by atoms with Gasteiger partial charge in [0.15, 0.2) is 0 Å². The Labute approximate surface area is 163 Å². The molecule has 1 aliphatic carbocycles. The maximum absolute atomic E-state index is 12.7. The van der Waals surface area contributed by atoms with Crippen LogP contribution in [0.1, 0.15) is 49.9 Å². The van der Waals surface area contributed by atoms with Gasteiger partial charge in [-0.25, -0.2) is 0 Å². The molecule has 0 spiro atoms. The van der Waals surface area contributed by atoms with E-state index in [2.05, 4.69) is 10.6 Å². The zero-order valence-corrected chi connectivity index (χ0v) is 16.2. The number of halogens is 1. The van der Waals surface area contributed by atoms with Crippen molar-refractivity contribution in [1.82, 2.24) is 10.6 Å². The van der Waals surface area contributed by atoms with E-state index in [0.29, 0.717) is 0 Å². The van der Waals surface area contributed by atoms with E-state index in [1.165, 1.54) is 12.1 Å². The fraction of sp³-hybridized carbons (Fsp3) is 0.556. The first-order valence-corrected chi connectivity index (χ1v) is 9.37. The Hall–Kier alpha value is -2.19. The lowest BCUT2D eigenvalue weighted by Gasteiger charge is -2.29. The number of carbonyl (C=O) groups is 2. The summed E-state index contributed by atoms with van der Waals surface area (Å²) in [6.45, 7) is 3.66. The number of nitrogens with zero attached hydrogens (tertiary/aromatic N) is 1. The van der Waals surface area contributed by atoms with Crippen LogP contribution in [0.2, 0.25) is 5.02 Å². The van der Waals surface area contributed by atoms with Crippen LogP contribution in [0.4, 0.5) is 5.69 Å². The van der Waals surface area contributed by atoms with Crippen molar-refractivity contribution in [1.29, 1.82) is 0 Å². The first-order chi connectivity index (χ1) is 12.7. The molecule has 4 N–H and O–H groups in total. The zero-order valence-electron chi connectivity index (χ0n) is 15.4. The van der Waals surface area contributed by atoms with E-state index in [9.17, 15) is 19.7 Å². The Balaban J connectivity index is 2.05. The summed E-state index contributed by atoms with van der Waals surface area (Å²) in [5.74, 6) is -0.942. The summed E-state index contributed by atoms with van der Waals surface area (Å²) >= 11 is 6.00. The predicted octanol–water partition coefficient (Wildman–Crippen LogP) is 2.39. The third-order valence-electron chi connectivity index (χ3n) is 4.76. The Morgan fingerprint density at radius 3 is 2.41 bits per heavy atom. The molecule has 0 aliphatic heterocycles. The topological polar surface area (TPSA) is 127 Å². The summed E-state index contributed by atoms with van der Waals surface area (Å²) in [5, 5.41) is 16.4. The van der Waals surface area contributed by atoms with E-state index in [0.717, 1.165) is 31.7 Å². The number of nitro benzene ring substituents is 1. The molecule has 1 saturated carbocycles. The highest BCUT2D eigenvalue weighted by Gasteiger charge is 2.28. The lowest BCUT2D eigenvalue weighted by molar-refractivity contribution is -0.384. The Bertz CT molecular complexity index is 717. The summed E-state index contributed by atoms with van der Waals surface area (Å²) in [7, 11) is 0. The third-order valence-corrected chi connectivity index (χ3v) is 5.07. The second-order valence-electron chi connectivity index (χ2n) is 7.24. The highest BCUT2D eigenvalue weighted by atomic mass is 35.5. The molecule has 9 heteroatoms. The molecular weight excluding hydrogens is 372 g/mol. The van der Waals surface area contributed by atoms with Gasteiger partial charge in [-0.3, -0.25) is 19.7 Å². The van der Waals surface area contributed by atoms with Crippen LogP contribution in [0.5, 0.6) is 0 Å². The normalized spacial score (nSPS) is 20.8. The maximum atomic E-state index is 12.7. The monoisotopic (exact) mass is 396 g/mol. The minimum absolute atomic E-state index is 0.0362. The van der Waals surface area contributed by atoms with Crippen LogP contribution in [0.3, 0.4) is 0 Å². The van der Waals surface area contributed by atoms with Crippen molar-refractivity contribution in [3.05, 3.63) is 38.9 Å². The van der Waals surface area contributed by atoms with Gasteiger partial charge in [-0.2, -0.15) is 0 Å². The maximum Gasteiger partial charge on any atom is 0.270 e. The van der Waals surface area contributed by atoms with Crippen molar-refractivity contribution in [2.45, 2.75) is 57.7 Å². The van der Waals surface area contributed by atoms with Gasteiger partial charge in [0.25, 0.3) is 11.6 Å². The number of benzene rings is 1. The van der Waals surface area contributed by atoms with Gasteiger partial charge < -0.3 is 16.4 Å². The summed E-state index contributed by atoms with van der Waals surface area (Å²) in [5.41, 5.74) is 5.77. The number of hydrogen-bond donors (Lipinski definition) is 3. The van der Waals surface area contributed by atoms with Crippen molar-refractivity contribution >= 4 is 29.1 Å². The molecule has 1 fully saturated rings. The average molecular weight is 397 g/mol. The Morgan fingerprint density at radius 1 is 1.26 bits per heavy atom. The number of carbonyl (C=O) groups excluding carboxylic acids is 2. The third kappa shape index (κ3) is 5.64. The van der Waals surface area contributed by atoms with E-state index in [1.807, 2.05) is 13.8 Å². The SMILES string of the molecule is CC(C)C(NC(=O)c1ccc([N+](=O)[O-])cc1Cl)C(=O)NC1CCC(N)CC1. The molecule has 0 heterocycles. The zero-order chi connectivity index (χ0) is 20.1. The minimum atomic E-state index is -0.737. The van der Waals surface area contributed by atoms with Crippen molar-refractivity contribution in [2.75, 3.05) is 0 Å². The summed E-state index contributed by atoms with van der Waals surface area (Å²) in [6.07, 6.45) is 3.36. The molecule has 1 aromatic rings. The first-order valence-electron chi connectivity index (χ1n) is 8.99. The molecular formula is C18H25ClN4O4. The molecule has 0 radical (unpaired) electrons. The van der Waals surface area contributed by atoms with Crippen molar-refractivity contribution in [2.24, 2.45) is 11.7 Å². The number of amides is 2. The molecule has 0 aromatic heterocycles. The molecule has 1 unspecified atom stereocenters. The smallest absolute Gasteiger partial charge is 0.270 e. The number of non-ortho nitro benzene ring substituents is 1. The molecule has 2 rings (SSSR count). The van der Waals surface area contributed by atoms with Gasteiger partial charge in [0.05, 0.1) is 15.5 Å². The molecule has 1 atom stereocenters. The van der Waals surface area contributed by atoms with Gasteiger partial charge in [0, 0.05) is 24.2 Å². The van der Waals surface area contributed by atoms with Crippen LogP contribution < -0.4 is 16.4 Å². The van der Waals surface area contributed by atoms with Gasteiger partial charge in [0.1, 0.15) is 6.04 Å². The van der Waals surface area contributed by atoms with E-state index >= 15 is 0 Å². The van der Waals surface area contributed by atoms with Crippen LogP contribution in [0.15, 0.2) is 18.2 Å². The molecule has 148 valence electrons. The quantitative estimate of drug-likeness (QED) is 0.502. The number of nitrogens with one attached hydrogen (secondary N) is 2. The van der Waals surface area contributed by atoms with Crippen LogP contribution >= 0.6 is 11.6 Å². The van der Waals surface area contributed by atoms with E-state index < -0.39 is 16.9 Å². The molecule has 1 aromatic carbocycles. The van der Waals surface area contributed by atoms with Gasteiger partial charge in [0.2, 0.25) is 5.91 Å². The molecule has 2 amide bonds. The van der Waals surface area contributed by atoms with Crippen molar-refractivity contribution in [3.63, 3.8) is 0 Å².